The second-order valence-electron chi connectivity index (χ2n) is 8.58. The van der Waals surface area contributed by atoms with Crippen LogP contribution in [0.25, 0.3) is 0 Å². The molecule has 0 radical (unpaired) electrons. The van der Waals surface area contributed by atoms with Crippen LogP contribution < -0.4 is 10.1 Å². The van der Waals surface area contributed by atoms with E-state index < -0.39 is 0 Å². The first-order chi connectivity index (χ1) is 15.1. The number of hydrogen-bond donors (Lipinski definition) is 1. The van der Waals surface area contributed by atoms with Crippen LogP contribution in [-0.2, 0) is 24.2 Å². The average molecular weight is 424 g/mol. The molecule has 1 fully saturated rings. The van der Waals surface area contributed by atoms with Crippen LogP contribution in [0.15, 0.2) is 24.3 Å². The van der Waals surface area contributed by atoms with Crippen LogP contribution in [0.5, 0.6) is 5.75 Å². The SMILES string of the molecule is CNc1nc([C@H]2CCCN(C(=O)CCc3ccccc3OC)C2)nc2c1CCN(C)C2. The Morgan fingerprint density at radius 2 is 2.10 bits per heavy atom. The highest BCUT2D eigenvalue weighted by atomic mass is 16.5. The molecular formula is C24H33N5O2. The Bertz CT molecular complexity index is 932. The van der Waals surface area contributed by atoms with Crippen molar-refractivity contribution in [2.45, 2.75) is 44.6 Å². The highest BCUT2D eigenvalue weighted by Crippen LogP contribution is 2.30. The van der Waals surface area contributed by atoms with Crippen molar-refractivity contribution < 1.29 is 9.53 Å². The molecule has 1 aromatic heterocycles. The van der Waals surface area contributed by atoms with Gasteiger partial charge < -0.3 is 19.9 Å². The van der Waals surface area contributed by atoms with Gasteiger partial charge in [0, 0.05) is 51.1 Å². The minimum Gasteiger partial charge on any atom is -0.496 e. The maximum atomic E-state index is 13.0. The van der Waals surface area contributed by atoms with Crippen LogP contribution in [0.3, 0.4) is 0 Å². The number of methoxy groups -OCH3 is 1. The number of carbonyl (C=O) groups is 1. The van der Waals surface area contributed by atoms with E-state index in [0.29, 0.717) is 19.4 Å². The molecule has 0 saturated carbocycles. The van der Waals surface area contributed by atoms with Gasteiger partial charge in [-0.25, -0.2) is 9.97 Å². The van der Waals surface area contributed by atoms with Crippen molar-refractivity contribution in [1.82, 2.24) is 19.8 Å². The molecule has 4 rings (SSSR count). The molecular weight excluding hydrogens is 390 g/mol. The maximum absolute atomic E-state index is 13.0. The zero-order valence-corrected chi connectivity index (χ0v) is 18.9. The van der Waals surface area contributed by atoms with Gasteiger partial charge in [-0.2, -0.15) is 0 Å². The maximum Gasteiger partial charge on any atom is 0.222 e. The second kappa shape index (κ2) is 9.64. The standard InChI is InChI=1S/C24H33N5O2/c1-25-24-19-12-14-28(2)16-20(19)26-23(27-24)18-8-6-13-29(15-18)22(30)11-10-17-7-4-5-9-21(17)31-3/h4-5,7,9,18H,6,8,10-16H2,1-3H3,(H,25,26,27)/t18-/m0/s1. The van der Waals surface area contributed by atoms with Gasteiger partial charge in [-0.1, -0.05) is 18.2 Å². The highest BCUT2D eigenvalue weighted by Gasteiger charge is 2.29. The van der Waals surface area contributed by atoms with E-state index >= 15 is 0 Å². The van der Waals surface area contributed by atoms with Gasteiger partial charge in [0.25, 0.3) is 0 Å². The summed E-state index contributed by atoms with van der Waals surface area (Å²) in [6, 6.07) is 7.92. The van der Waals surface area contributed by atoms with Crippen molar-refractivity contribution >= 4 is 11.7 Å². The average Bonchev–Trinajstić information content (AvgIpc) is 2.81. The molecule has 0 spiro atoms. The van der Waals surface area contributed by atoms with E-state index in [2.05, 4.69) is 17.3 Å². The zero-order valence-electron chi connectivity index (χ0n) is 18.9. The fourth-order valence-corrected chi connectivity index (χ4v) is 4.69. The van der Waals surface area contributed by atoms with Crippen LogP contribution in [0, 0.1) is 0 Å². The van der Waals surface area contributed by atoms with Gasteiger partial charge in [0.15, 0.2) is 0 Å². The predicted octanol–water partition coefficient (Wildman–Crippen LogP) is 2.85. The third-order valence-electron chi connectivity index (χ3n) is 6.45. The van der Waals surface area contributed by atoms with Gasteiger partial charge in [0.05, 0.1) is 12.8 Å². The first-order valence-corrected chi connectivity index (χ1v) is 11.2. The van der Waals surface area contributed by atoms with E-state index in [1.54, 1.807) is 7.11 Å². The Kier molecular flexibility index (Phi) is 6.70. The molecule has 7 nitrogen and oxygen atoms in total. The number of para-hydroxylation sites is 1. The largest absolute Gasteiger partial charge is 0.496 e. The van der Waals surface area contributed by atoms with Gasteiger partial charge in [-0.3, -0.25) is 4.79 Å². The molecule has 1 N–H and O–H groups in total. The van der Waals surface area contributed by atoms with Gasteiger partial charge in [0.1, 0.15) is 17.4 Å². The number of amides is 1. The van der Waals surface area contributed by atoms with E-state index in [4.69, 9.17) is 14.7 Å². The van der Waals surface area contributed by atoms with Gasteiger partial charge in [-0.15, -0.1) is 0 Å². The normalized spacial score (nSPS) is 19.1. The Morgan fingerprint density at radius 1 is 1.26 bits per heavy atom. The number of likely N-dealkylation sites (N-methyl/N-ethyl adjacent to an activating group) is 1. The number of ether oxygens (including phenoxy) is 1. The number of aryl methyl sites for hydroxylation is 1. The molecule has 31 heavy (non-hydrogen) atoms. The lowest BCUT2D eigenvalue weighted by molar-refractivity contribution is -0.132. The number of fused-ring (bicyclic) bond motifs is 1. The lowest BCUT2D eigenvalue weighted by Gasteiger charge is -2.33. The van der Waals surface area contributed by atoms with Crippen molar-refractivity contribution in [3.8, 4) is 5.75 Å². The second-order valence-corrected chi connectivity index (χ2v) is 8.58. The molecule has 2 aromatic rings. The van der Waals surface area contributed by atoms with Crippen LogP contribution in [0.1, 0.15) is 47.8 Å². The molecule has 166 valence electrons. The van der Waals surface area contributed by atoms with Gasteiger partial charge in [-0.05, 0) is 44.4 Å². The van der Waals surface area contributed by atoms with Crippen LogP contribution in [0.4, 0.5) is 5.82 Å². The number of piperidine rings is 1. The first-order valence-electron chi connectivity index (χ1n) is 11.2. The van der Waals surface area contributed by atoms with E-state index in [1.165, 1.54) is 5.56 Å². The molecule has 3 heterocycles. The van der Waals surface area contributed by atoms with Crippen LogP contribution >= 0.6 is 0 Å². The first kappa shape index (κ1) is 21.6. The topological polar surface area (TPSA) is 70.6 Å². The molecule has 1 amide bonds. The molecule has 2 aliphatic rings. The number of likely N-dealkylation sites (tertiary alicyclic amines) is 1. The lowest BCUT2D eigenvalue weighted by atomic mass is 9.95. The molecule has 1 aromatic carbocycles. The van der Waals surface area contributed by atoms with Crippen LogP contribution in [-0.4, -0.2) is 66.5 Å². The molecule has 1 saturated heterocycles. The summed E-state index contributed by atoms with van der Waals surface area (Å²) in [6.07, 6.45) is 4.16. The quantitative estimate of drug-likeness (QED) is 0.771. The monoisotopic (exact) mass is 423 g/mol. The smallest absolute Gasteiger partial charge is 0.222 e. The summed E-state index contributed by atoms with van der Waals surface area (Å²) in [5.74, 6) is 3.06. The number of nitrogens with one attached hydrogen (secondary N) is 1. The number of nitrogens with zero attached hydrogens (tertiary/aromatic N) is 4. The van der Waals surface area contributed by atoms with Gasteiger partial charge in [0.2, 0.25) is 5.91 Å². The molecule has 1 atom stereocenters. The van der Waals surface area contributed by atoms with E-state index in [1.807, 2.05) is 36.2 Å². The van der Waals surface area contributed by atoms with E-state index in [-0.39, 0.29) is 11.8 Å². The lowest BCUT2D eigenvalue weighted by Crippen LogP contribution is -2.40. The van der Waals surface area contributed by atoms with Crippen molar-refractivity contribution in [3.63, 3.8) is 0 Å². The Balaban J connectivity index is 1.45. The third kappa shape index (κ3) is 4.82. The summed E-state index contributed by atoms with van der Waals surface area (Å²) in [4.78, 5) is 27.1. The molecule has 0 bridgehead atoms. The fourth-order valence-electron chi connectivity index (χ4n) is 4.69. The summed E-state index contributed by atoms with van der Waals surface area (Å²) >= 11 is 0. The molecule has 7 heteroatoms. The summed E-state index contributed by atoms with van der Waals surface area (Å²) in [5.41, 5.74) is 3.44. The number of aromatic nitrogens is 2. The minimum atomic E-state index is 0.189. The van der Waals surface area contributed by atoms with Crippen molar-refractivity contribution in [1.29, 1.82) is 0 Å². The minimum absolute atomic E-state index is 0.189. The molecule has 0 aliphatic carbocycles. The molecule has 0 unspecified atom stereocenters. The number of benzene rings is 1. The fraction of sp³-hybridized carbons (Fsp3) is 0.542. The van der Waals surface area contributed by atoms with Gasteiger partial charge >= 0.3 is 0 Å². The molecule has 2 aliphatic heterocycles. The number of anilines is 1. The Labute approximate surface area is 184 Å². The number of carbonyl (C=O) groups excluding carboxylic acids is 1. The summed E-state index contributed by atoms with van der Waals surface area (Å²) in [7, 11) is 5.73. The Morgan fingerprint density at radius 3 is 2.90 bits per heavy atom. The summed E-state index contributed by atoms with van der Waals surface area (Å²) in [5, 5.41) is 3.27. The summed E-state index contributed by atoms with van der Waals surface area (Å²) < 4.78 is 5.42. The highest BCUT2D eigenvalue weighted by molar-refractivity contribution is 5.76. The van der Waals surface area contributed by atoms with Crippen molar-refractivity contribution in [3.05, 3.63) is 46.9 Å². The van der Waals surface area contributed by atoms with Crippen molar-refractivity contribution in [2.24, 2.45) is 0 Å². The van der Waals surface area contributed by atoms with Crippen LogP contribution in [0.2, 0.25) is 0 Å². The third-order valence-corrected chi connectivity index (χ3v) is 6.45. The summed E-state index contributed by atoms with van der Waals surface area (Å²) in [6.45, 7) is 3.40. The number of hydrogen-bond acceptors (Lipinski definition) is 6. The predicted molar refractivity (Wildman–Crippen MR) is 121 cm³/mol. The van der Waals surface area contributed by atoms with E-state index in [0.717, 1.165) is 67.5 Å². The van der Waals surface area contributed by atoms with E-state index in [9.17, 15) is 4.79 Å². The Hall–Kier alpha value is -2.67. The van der Waals surface area contributed by atoms with Crippen molar-refractivity contribution in [2.75, 3.05) is 46.2 Å². The number of rotatable bonds is 6. The zero-order chi connectivity index (χ0) is 21.8.